The molecule has 0 atom stereocenters. The van der Waals surface area contributed by atoms with Crippen molar-refractivity contribution in [3.63, 3.8) is 0 Å². The lowest BCUT2D eigenvalue weighted by atomic mass is 10.2. The van der Waals surface area contributed by atoms with Gasteiger partial charge in [0.05, 0.1) is 26.4 Å². The van der Waals surface area contributed by atoms with Crippen molar-refractivity contribution >= 4 is 5.69 Å². The molecule has 0 aromatic heterocycles. The highest BCUT2D eigenvalue weighted by molar-refractivity contribution is 5.47. The minimum Gasteiger partial charge on any atom is -0.497 e. The molecule has 1 aliphatic rings. The summed E-state index contributed by atoms with van der Waals surface area (Å²) in [5, 5.41) is 3.36. The number of anilines is 1. The van der Waals surface area contributed by atoms with E-state index in [1.165, 1.54) is 0 Å². The van der Waals surface area contributed by atoms with Gasteiger partial charge in [-0.2, -0.15) is 0 Å². The predicted octanol–water partition coefficient (Wildman–Crippen LogP) is 2.26. The Labute approximate surface area is 102 Å². The van der Waals surface area contributed by atoms with Crippen LogP contribution in [-0.2, 0) is 9.47 Å². The lowest BCUT2D eigenvalue weighted by molar-refractivity contribution is -0.247. The smallest absolute Gasteiger partial charge is 0.162 e. The maximum absolute atomic E-state index is 5.59. The third kappa shape index (κ3) is 3.35. The zero-order chi connectivity index (χ0) is 12.3. The first-order valence-electron chi connectivity index (χ1n) is 5.77. The van der Waals surface area contributed by atoms with Crippen LogP contribution in [0.3, 0.4) is 0 Å². The van der Waals surface area contributed by atoms with Crippen LogP contribution in [0.1, 0.15) is 13.8 Å². The van der Waals surface area contributed by atoms with Gasteiger partial charge in [0, 0.05) is 5.69 Å². The summed E-state index contributed by atoms with van der Waals surface area (Å²) in [7, 11) is 1.66. The Morgan fingerprint density at radius 2 is 1.76 bits per heavy atom. The Bertz CT molecular complexity index is 351. The van der Waals surface area contributed by atoms with Gasteiger partial charge in [0.15, 0.2) is 5.79 Å². The second-order valence-electron chi connectivity index (χ2n) is 4.59. The minimum atomic E-state index is -0.460. The molecular formula is C13H19NO3. The van der Waals surface area contributed by atoms with Gasteiger partial charge in [0.2, 0.25) is 0 Å². The van der Waals surface area contributed by atoms with Crippen molar-refractivity contribution in [3.05, 3.63) is 24.3 Å². The standard InChI is InChI=1S/C13H19NO3/c1-13(2)16-8-11(9-17-13)14-10-4-6-12(15-3)7-5-10/h4-7,11,14H,8-9H2,1-3H3. The summed E-state index contributed by atoms with van der Waals surface area (Å²) >= 11 is 0. The number of nitrogens with one attached hydrogen (secondary N) is 1. The van der Waals surface area contributed by atoms with Crippen LogP contribution >= 0.6 is 0 Å². The zero-order valence-corrected chi connectivity index (χ0v) is 10.5. The summed E-state index contributed by atoms with van der Waals surface area (Å²) in [6.45, 7) is 5.16. The lowest BCUT2D eigenvalue weighted by Gasteiger charge is -2.35. The van der Waals surface area contributed by atoms with Crippen molar-refractivity contribution in [3.8, 4) is 5.75 Å². The monoisotopic (exact) mass is 237 g/mol. The minimum absolute atomic E-state index is 0.191. The maximum Gasteiger partial charge on any atom is 0.162 e. The largest absolute Gasteiger partial charge is 0.497 e. The fourth-order valence-electron chi connectivity index (χ4n) is 1.70. The SMILES string of the molecule is COc1ccc(NC2COC(C)(C)OC2)cc1. The summed E-state index contributed by atoms with van der Waals surface area (Å²) in [6.07, 6.45) is 0. The van der Waals surface area contributed by atoms with Gasteiger partial charge < -0.3 is 19.5 Å². The van der Waals surface area contributed by atoms with Gasteiger partial charge in [-0.05, 0) is 38.1 Å². The normalized spacial score (nSPS) is 19.9. The summed E-state index contributed by atoms with van der Waals surface area (Å²) in [5.41, 5.74) is 1.04. The summed E-state index contributed by atoms with van der Waals surface area (Å²) in [6, 6.07) is 8.02. The first kappa shape index (κ1) is 12.2. The molecule has 0 unspecified atom stereocenters. The lowest BCUT2D eigenvalue weighted by Crippen LogP contribution is -2.45. The predicted molar refractivity (Wildman–Crippen MR) is 66.4 cm³/mol. The number of rotatable bonds is 3. The molecular weight excluding hydrogens is 218 g/mol. The van der Waals surface area contributed by atoms with Crippen LogP contribution in [0.4, 0.5) is 5.69 Å². The molecule has 0 aliphatic carbocycles. The molecule has 0 saturated carbocycles. The van der Waals surface area contributed by atoms with Crippen LogP contribution < -0.4 is 10.1 Å². The second-order valence-corrected chi connectivity index (χ2v) is 4.59. The van der Waals surface area contributed by atoms with Crippen molar-refractivity contribution < 1.29 is 14.2 Å². The molecule has 1 heterocycles. The Morgan fingerprint density at radius 3 is 2.29 bits per heavy atom. The summed E-state index contributed by atoms with van der Waals surface area (Å²) < 4.78 is 16.3. The Balaban J connectivity index is 1.89. The summed E-state index contributed by atoms with van der Waals surface area (Å²) in [4.78, 5) is 0. The van der Waals surface area contributed by atoms with E-state index < -0.39 is 5.79 Å². The van der Waals surface area contributed by atoms with Crippen molar-refractivity contribution in [2.45, 2.75) is 25.7 Å². The van der Waals surface area contributed by atoms with Gasteiger partial charge in [0.1, 0.15) is 5.75 Å². The van der Waals surface area contributed by atoms with Crippen molar-refractivity contribution in [2.75, 3.05) is 25.6 Å². The van der Waals surface area contributed by atoms with E-state index in [1.807, 2.05) is 38.1 Å². The van der Waals surface area contributed by atoms with Crippen LogP contribution in [0.25, 0.3) is 0 Å². The highest BCUT2D eigenvalue weighted by atomic mass is 16.7. The average Bonchev–Trinajstić information content (AvgIpc) is 2.33. The van der Waals surface area contributed by atoms with Crippen LogP contribution in [0.15, 0.2) is 24.3 Å². The molecule has 2 rings (SSSR count). The number of methoxy groups -OCH3 is 1. The third-order valence-corrected chi connectivity index (χ3v) is 2.73. The number of hydrogen-bond donors (Lipinski definition) is 1. The quantitative estimate of drug-likeness (QED) is 0.875. The molecule has 1 aromatic rings. The molecule has 1 aliphatic heterocycles. The number of benzene rings is 1. The Kier molecular flexibility index (Phi) is 3.54. The van der Waals surface area contributed by atoms with Crippen LogP contribution in [0.5, 0.6) is 5.75 Å². The van der Waals surface area contributed by atoms with Gasteiger partial charge >= 0.3 is 0 Å². The van der Waals surface area contributed by atoms with E-state index in [2.05, 4.69) is 5.32 Å². The first-order chi connectivity index (χ1) is 8.09. The molecule has 0 bridgehead atoms. The van der Waals surface area contributed by atoms with Gasteiger partial charge in [0.25, 0.3) is 0 Å². The molecule has 1 aromatic carbocycles. The van der Waals surface area contributed by atoms with Gasteiger partial charge in [-0.25, -0.2) is 0 Å². The third-order valence-electron chi connectivity index (χ3n) is 2.73. The maximum atomic E-state index is 5.59. The zero-order valence-electron chi connectivity index (χ0n) is 10.5. The topological polar surface area (TPSA) is 39.7 Å². The highest BCUT2D eigenvalue weighted by Gasteiger charge is 2.27. The molecule has 0 radical (unpaired) electrons. The first-order valence-corrected chi connectivity index (χ1v) is 5.77. The Morgan fingerprint density at radius 1 is 1.18 bits per heavy atom. The molecule has 1 N–H and O–H groups in total. The van der Waals surface area contributed by atoms with E-state index in [9.17, 15) is 0 Å². The van der Waals surface area contributed by atoms with Crippen LogP contribution in [0, 0.1) is 0 Å². The van der Waals surface area contributed by atoms with Crippen molar-refractivity contribution in [1.82, 2.24) is 0 Å². The van der Waals surface area contributed by atoms with E-state index in [4.69, 9.17) is 14.2 Å². The molecule has 1 saturated heterocycles. The molecule has 0 spiro atoms. The molecule has 4 heteroatoms. The van der Waals surface area contributed by atoms with Crippen LogP contribution in [0.2, 0.25) is 0 Å². The Hall–Kier alpha value is -1.26. The van der Waals surface area contributed by atoms with E-state index in [0.717, 1.165) is 11.4 Å². The van der Waals surface area contributed by atoms with E-state index in [-0.39, 0.29) is 6.04 Å². The molecule has 1 fully saturated rings. The fourth-order valence-corrected chi connectivity index (χ4v) is 1.70. The average molecular weight is 237 g/mol. The van der Waals surface area contributed by atoms with E-state index in [1.54, 1.807) is 7.11 Å². The van der Waals surface area contributed by atoms with E-state index >= 15 is 0 Å². The van der Waals surface area contributed by atoms with Crippen molar-refractivity contribution in [2.24, 2.45) is 0 Å². The van der Waals surface area contributed by atoms with Gasteiger partial charge in [-0.15, -0.1) is 0 Å². The second kappa shape index (κ2) is 4.94. The molecule has 0 amide bonds. The molecule has 17 heavy (non-hydrogen) atoms. The van der Waals surface area contributed by atoms with Gasteiger partial charge in [-0.3, -0.25) is 0 Å². The van der Waals surface area contributed by atoms with Crippen LogP contribution in [-0.4, -0.2) is 32.2 Å². The van der Waals surface area contributed by atoms with E-state index in [0.29, 0.717) is 13.2 Å². The molecule has 94 valence electrons. The fraction of sp³-hybridized carbons (Fsp3) is 0.538. The number of ether oxygens (including phenoxy) is 3. The van der Waals surface area contributed by atoms with Gasteiger partial charge in [-0.1, -0.05) is 0 Å². The molecule has 4 nitrogen and oxygen atoms in total. The summed E-state index contributed by atoms with van der Waals surface area (Å²) in [5.74, 6) is 0.394. The number of hydrogen-bond acceptors (Lipinski definition) is 4. The van der Waals surface area contributed by atoms with Crippen molar-refractivity contribution in [1.29, 1.82) is 0 Å². The highest BCUT2D eigenvalue weighted by Crippen LogP contribution is 2.20.